The maximum atomic E-state index is 10.3. The molecule has 2 aliphatic rings. The zero-order valence-corrected chi connectivity index (χ0v) is 11.8. The molecule has 1 N–H and O–H groups in total. The minimum absolute atomic E-state index is 0.140. The topological polar surface area (TPSA) is 32.7 Å². The molecule has 1 aliphatic carbocycles. The maximum Gasteiger partial charge on any atom is 0.0701 e. The molecule has 1 aliphatic heterocycles. The van der Waals surface area contributed by atoms with E-state index in [-0.39, 0.29) is 6.10 Å². The third-order valence-corrected chi connectivity index (χ3v) is 4.48. The van der Waals surface area contributed by atoms with Crippen LogP contribution in [0.25, 0.3) is 0 Å². The quantitative estimate of drug-likeness (QED) is 0.819. The Bertz CT molecular complexity index is 223. The van der Waals surface area contributed by atoms with Crippen LogP contribution in [0.4, 0.5) is 0 Å². The standard InChI is InChI=1S/C15H29NO2/c1-16(11-14-9-5-6-10-18-14)12-15(17)13-7-3-2-4-8-13/h13-15,17H,2-12H2,1H3. The lowest BCUT2D eigenvalue weighted by atomic mass is 9.85. The number of hydrogen-bond acceptors (Lipinski definition) is 3. The second-order valence-corrected chi connectivity index (χ2v) is 6.18. The van der Waals surface area contributed by atoms with Crippen molar-refractivity contribution in [1.29, 1.82) is 0 Å². The van der Waals surface area contributed by atoms with Gasteiger partial charge in [0.05, 0.1) is 12.2 Å². The molecular formula is C15H29NO2. The number of nitrogens with zero attached hydrogens (tertiary/aromatic N) is 1. The van der Waals surface area contributed by atoms with Crippen molar-refractivity contribution in [3.8, 4) is 0 Å². The molecule has 2 atom stereocenters. The van der Waals surface area contributed by atoms with Gasteiger partial charge in [0.2, 0.25) is 0 Å². The van der Waals surface area contributed by atoms with Crippen LogP contribution in [0.3, 0.4) is 0 Å². The molecule has 1 saturated heterocycles. The van der Waals surface area contributed by atoms with Gasteiger partial charge in [-0.05, 0) is 45.1 Å². The number of ether oxygens (including phenoxy) is 1. The van der Waals surface area contributed by atoms with E-state index in [1.165, 1.54) is 51.4 Å². The fourth-order valence-corrected chi connectivity index (χ4v) is 3.36. The van der Waals surface area contributed by atoms with Crippen molar-refractivity contribution in [3.05, 3.63) is 0 Å². The van der Waals surface area contributed by atoms with Crippen LogP contribution in [-0.2, 0) is 4.74 Å². The highest BCUT2D eigenvalue weighted by Gasteiger charge is 2.24. The van der Waals surface area contributed by atoms with Gasteiger partial charge in [0, 0.05) is 19.7 Å². The van der Waals surface area contributed by atoms with E-state index in [1.807, 2.05) is 0 Å². The van der Waals surface area contributed by atoms with E-state index in [0.29, 0.717) is 12.0 Å². The lowest BCUT2D eigenvalue weighted by Gasteiger charge is -2.32. The Hall–Kier alpha value is -0.120. The van der Waals surface area contributed by atoms with Gasteiger partial charge < -0.3 is 14.7 Å². The molecule has 0 spiro atoms. The smallest absolute Gasteiger partial charge is 0.0701 e. The molecular weight excluding hydrogens is 226 g/mol. The Kier molecular flexibility index (Phi) is 5.93. The van der Waals surface area contributed by atoms with Gasteiger partial charge in [-0.25, -0.2) is 0 Å². The number of rotatable bonds is 5. The van der Waals surface area contributed by atoms with Crippen LogP contribution < -0.4 is 0 Å². The van der Waals surface area contributed by atoms with Gasteiger partial charge in [-0.1, -0.05) is 19.3 Å². The molecule has 0 bridgehead atoms. The summed E-state index contributed by atoms with van der Waals surface area (Å²) >= 11 is 0. The molecule has 18 heavy (non-hydrogen) atoms. The van der Waals surface area contributed by atoms with Crippen molar-refractivity contribution >= 4 is 0 Å². The van der Waals surface area contributed by atoms with Crippen molar-refractivity contribution in [2.45, 2.75) is 63.6 Å². The van der Waals surface area contributed by atoms with E-state index in [9.17, 15) is 5.11 Å². The van der Waals surface area contributed by atoms with E-state index >= 15 is 0 Å². The molecule has 2 rings (SSSR count). The second kappa shape index (κ2) is 7.46. The summed E-state index contributed by atoms with van der Waals surface area (Å²) in [5, 5.41) is 10.3. The molecule has 3 nitrogen and oxygen atoms in total. The van der Waals surface area contributed by atoms with E-state index < -0.39 is 0 Å². The molecule has 2 fully saturated rings. The Labute approximate surface area is 112 Å². The van der Waals surface area contributed by atoms with Crippen LogP contribution in [0.5, 0.6) is 0 Å². The summed E-state index contributed by atoms with van der Waals surface area (Å²) in [6.07, 6.45) is 10.3. The Morgan fingerprint density at radius 2 is 1.83 bits per heavy atom. The summed E-state index contributed by atoms with van der Waals surface area (Å²) in [5.74, 6) is 0.536. The molecule has 0 amide bonds. The van der Waals surface area contributed by atoms with Crippen molar-refractivity contribution < 1.29 is 9.84 Å². The highest BCUT2D eigenvalue weighted by molar-refractivity contribution is 4.76. The largest absolute Gasteiger partial charge is 0.392 e. The van der Waals surface area contributed by atoms with Gasteiger partial charge in [0.25, 0.3) is 0 Å². The highest BCUT2D eigenvalue weighted by Crippen LogP contribution is 2.26. The number of aliphatic hydroxyl groups is 1. The van der Waals surface area contributed by atoms with Crippen molar-refractivity contribution in [3.63, 3.8) is 0 Å². The summed E-state index contributed by atoms with van der Waals surface area (Å²) in [6.45, 7) is 2.71. The Morgan fingerprint density at radius 3 is 2.50 bits per heavy atom. The van der Waals surface area contributed by atoms with Crippen LogP contribution in [0.1, 0.15) is 51.4 Å². The maximum absolute atomic E-state index is 10.3. The number of aliphatic hydroxyl groups excluding tert-OH is 1. The summed E-state index contributed by atoms with van der Waals surface area (Å²) in [6, 6.07) is 0. The lowest BCUT2D eigenvalue weighted by molar-refractivity contribution is -0.0144. The van der Waals surface area contributed by atoms with Crippen LogP contribution in [0.15, 0.2) is 0 Å². The van der Waals surface area contributed by atoms with Gasteiger partial charge in [-0.15, -0.1) is 0 Å². The average molecular weight is 255 g/mol. The van der Waals surface area contributed by atoms with Crippen molar-refractivity contribution in [2.75, 3.05) is 26.7 Å². The third-order valence-electron chi connectivity index (χ3n) is 4.48. The molecule has 0 aromatic heterocycles. The molecule has 106 valence electrons. The average Bonchev–Trinajstić information content (AvgIpc) is 2.40. The lowest BCUT2D eigenvalue weighted by Crippen LogP contribution is -2.40. The van der Waals surface area contributed by atoms with Gasteiger partial charge in [0.15, 0.2) is 0 Å². The normalized spacial score (nSPS) is 28.5. The monoisotopic (exact) mass is 255 g/mol. The van der Waals surface area contributed by atoms with Gasteiger partial charge in [-0.2, -0.15) is 0 Å². The fourth-order valence-electron chi connectivity index (χ4n) is 3.36. The molecule has 1 saturated carbocycles. The Morgan fingerprint density at radius 1 is 1.11 bits per heavy atom. The minimum atomic E-state index is -0.140. The highest BCUT2D eigenvalue weighted by atomic mass is 16.5. The Balaban J connectivity index is 1.67. The van der Waals surface area contributed by atoms with Crippen LogP contribution in [0, 0.1) is 5.92 Å². The van der Waals surface area contributed by atoms with Gasteiger partial charge in [-0.3, -0.25) is 0 Å². The first-order valence-electron chi connectivity index (χ1n) is 7.74. The predicted molar refractivity (Wildman–Crippen MR) is 73.7 cm³/mol. The van der Waals surface area contributed by atoms with Crippen LogP contribution in [-0.4, -0.2) is 49.0 Å². The van der Waals surface area contributed by atoms with Crippen LogP contribution >= 0.6 is 0 Å². The third kappa shape index (κ3) is 4.52. The zero-order valence-electron chi connectivity index (χ0n) is 11.8. The second-order valence-electron chi connectivity index (χ2n) is 6.18. The van der Waals surface area contributed by atoms with Gasteiger partial charge in [0.1, 0.15) is 0 Å². The first-order valence-corrected chi connectivity index (χ1v) is 7.74. The summed E-state index contributed by atoms with van der Waals surface area (Å²) in [5.41, 5.74) is 0. The van der Waals surface area contributed by atoms with Gasteiger partial charge >= 0.3 is 0 Å². The molecule has 3 heteroatoms. The first-order chi connectivity index (χ1) is 8.75. The summed E-state index contributed by atoms with van der Waals surface area (Å²) in [4.78, 5) is 2.26. The van der Waals surface area contributed by atoms with E-state index in [1.54, 1.807) is 0 Å². The molecule has 0 aromatic carbocycles. The van der Waals surface area contributed by atoms with E-state index in [4.69, 9.17) is 4.74 Å². The van der Waals surface area contributed by atoms with Crippen LogP contribution in [0.2, 0.25) is 0 Å². The van der Waals surface area contributed by atoms with Crippen molar-refractivity contribution in [1.82, 2.24) is 4.90 Å². The summed E-state index contributed by atoms with van der Waals surface area (Å²) in [7, 11) is 2.12. The minimum Gasteiger partial charge on any atom is -0.392 e. The number of hydrogen-bond donors (Lipinski definition) is 1. The SMILES string of the molecule is CN(CC1CCCCO1)CC(O)C1CCCCC1. The van der Waals surface area contributed by atoms with E-state index in [2.05, 4.69) is 11.9 Å². The fraction of sp³-hybridized carbons (Fsp3) is 1.00. The predicted octanol–water partition coefficient (Wildman–Crippen LogP) is 2.43. The molecule has 2 unspecified atom stereocenters. The van der Waals surface area contributed by atoms with Crippen molar-refractivity contribution in [2.24, 2.45) is 5.92 Å². The molecule has 0 aromatic rings. The molecule has 0 radical (unpaired) electrons. The molecule has 1 heterocycles. The summed E-state index contributed by atoms with van der Waals surface area (Å²) < 4.78 is 5.75. The van der Waals surface area contributed by atoms with E-state index in [0.717, 1.165) is 19.7 Å². The zero-order chi connectivity index (χ0) is 12.8. The number of likely N-dealkylation sites (N-methyl/N-ethyl adjacent to an activating group) is 1. The first kappa shape index (κ1) is 14.3.